The summed E-state index contributed by atoms with van der Waals surface area (Å²) in [5.74, 6) is 0.175. The van der Waals surface area contributed by atoms with Crippen molar-refractivity contribution in [2.75, 3.05) is 26.2 Å². The number of aryl methyl sites for hydroxylation is 1. The number of rotatable bonds is 3. The summed E-state index contributed by atoms with van der Waals surface area (Å²) < 4.78 is 1.91. The van der Waals surface area contributed by atoms with Crippen LogP contribution in [0.4, 0.5) is 0 Å². The van der Waals surface area contributed by atoms with Gasteiger partial charge < -0.3 is 9.47 Å². The lowest BCUT2D eigenvalue weighted by molar-refractivity contribution is 0.00963. The molecule has 2 aliphatic heterocycles. The van der Waals surface area contributed by atoms with Gasteiger partial charge in [0, 0.05) is 44.8 Å². The molecule has 5 heteroatoms. The third kappa shape index (κ3) is 2.38. The molecule has 0 aromatic carbocycles. The van der Waals surface area contributed by atoms with Crippen LogP contribution < -0.4 is 0 Å². The molecule has 2 saturated heterocycles. The summed E-state index contributed by atoms with van der Waals surface area (Å²) in [5.41, 5.74) is 2.55. The van der Waals surface area contributed by atoms with Crippen molar-refractivity contribution in [2.24, 2.45) is 12.5 Å². The second kappa shape index (κ2) is 5.25. The zero-order valence-electron chi connectivity index (χ0n) is 12.9. The molecule has 4 rings (SSSR count). The Hall–Kier alpha value is -1.59. The Morgan fingerprint density at radius 3 is 2.86 bits per heavy atom. The number of carbonyl (C=O) groups is 1. The number of amides is 1. The molecule has 0 bridgehead atoms. The number of hydrogen-bond acceptors (Lipinski definition) is 3. The quantitative estimate of drug-likeness (QED) is 0.870. The molecule has 1 spiro atoms. The number of likely N-dealkylation sites (tertiary alicyclic amines) is 2. The Labute approximate surface area is 135 Å². The van der Waals surface area contributed by atoms with E-state index in [0.29, 0.717) is 5.41 Å². The predicted octanol–water partition coefficient (Wildman–Crippen LogP) is 2.43. The van der Waals surface area contributed by atoms with Crippen LogP contribution in [0.3, 0.4) is 0 Å². The molecule has 0 unspecified atom stereocenters. The molecule has 0 radical (unpaired) electrons. The molecule has 0 N–H and O–H groups in total. The summed E-state index contributed by atoms with van der Waals surface area (Å²) in [7, 11) is 1.93. The van der Waals surface area contributed by atoms with E-state index in [0.717, 1.165) is 38.4 Å². The molecule has 0 saturated carbocycles. The molecular formula is C17H21N3OS. The molecule has 2 aromatic rings. The third-order valence-corrected chi connectivity index (χ3v) is 5.74. The Balaban J connectivity index is 1.35. The van der Waals surface area contributed by atoms with Gasteiger partial charge in [0.25, 0.3) is 5.91 Å². The largest absolute Gasteiger partial charge is 0.347 e. The second-order valence-corrected chi connectivity index (χ2v) is 7.54. The smallest absolute Gasteiger partial charge is 0.270 e. The van der Waals surface area contributed by atoms with Crippen LogP contribution in [0.5, 0.6) is 0 Å². The Morgan fingerprint density at radius 2 is 2.18 bits per heavy atom. The molecule has 0 atom stereocenters. The van der Waals surface area contributed by atoms with Crippen molar-refractivity contribution >= 4 is 17.2 Å². The van der Waals surface area contributed by atoms with Crippen LogP contribution >= 0.6 is 11.3 Å². The van der Waals surface area contributed by atoms with Crippen molar-refractivity contribution in [3.05, 3.63) is 46.4 Å². The minimum atomic E-state index is 0.175. The van der Waals surface area contributed by atoms with Gasteiger partial charge in [-0.15, -0.1) is 0 Å². The van der Waals surface area contributed by atoms with E-state index in [-0.39, 0.29) is 5.91 Å². The third-order valence-electron chi connectivity index (χ3n) is 5.01. The van der Waals surface area contributed by atoms with E-state index in [2.05, 4.69) is 21.7 Å². The van der Waals surface area contributed by atoms with Crippen molar-refractivity contribution in [3.8, 4) is 0 Å². The fraction of sp³-hybridized carbons (Fsp3) is 0.471. The zero-order valence-corrected chi connectivity index (χ0v) is 13.7. The van der Waals surface area contributed by atoms with Gasteiger partial charge in [0.15, 0.2) is 0 Å². The SMILES string of the molecule is Cn1cccc1C(=O)N1CC2(CCN(Cc3ccsc3)C2)C1. The minimum Gasteiger partial charge on any atom is -0.347 e. The van der Waals surface area contributed by atoms with E-state index in [9.17, 15) is 4.79 Å². The maximum absolute atomic E-state index is 12.5. The van der Waals surface area contributed by atoms with Gasteiger partial charge >= 0.3 is 0 Å². The van der Waals surface area contributed by atoms with Gasteiger partial charge in [-0.1, -0.05) is 0 Å². The van der Waals surface area contributed by atoms with Crippen molar-refractivity contribution in [1.29, 1.82) is 0 Å². The fourth-order valence-corrected chi connectivity index (χ4v) is 4.47. The zero-order chi connectivity index (χ0) is 15.2. The molecule has 2 aromatic heterocycles. The van der Waals surface area contributed by atoms with E-state index in [1.165, 1.54) is 12.0 Å². The summed E-state index contributed by atoms with van der Waals surface area (Å²) >= 11 is 1.76. The normalized spacial score (nSPS) is 20.5. The monoisotopic (exact) mass is 315 g/mol. The van der Waals surface area contributed by atoms with E-state index >= 15 is 0 Å². The lowest BCUT2D eigenvalue weighted by atomic mass is 9.79. The lowest BCUT2D eigenvalue weighted by Crippen LogP contribution is -2.59. The summed E-state index contributed by atoms with van der Waals surface area (Å²) in [6.45, 7) is 5.16. The number of nitrogens with zero attached hydrogens (tertiary/aromatic N) is 3. The highest BCUT2D eigenvalue weighted by atomic mass is 32.1. The topological polar surface area (TPSA) is 28.5 Å². The highest BCUT2D eigenvalue weighted by molar-refractivity contribution is 7.07. The first-order valence-corrected chi connectivity index (χ1v) is 8.74. The highest BCUT2D eigenvalue weighted by Gasteiger charge is 2.49. The molecule has 116 valence electrons. The van der Waals surface area contributed by atoms with Gasteiger partial charge in [0.2, 0.25) is 0 Å². The van der Waals surface area contributed by atoms with Crippen LogP contribution in [0, 0.1) is 5.41 Å². The number of aromatic nitrogens is 1. The lowest BCUT2D eigenvalue weighted by Gasteiger charge is -2.48. The van der Waals surface area contributed by atoms with Gasteiger partial charge in [-0.3, -0.25) is 9.69 Å². The summed E-state index contributed by atoms with van der Waals surface area (Å²) in [5, 5.41) is 4.38. The van der Waals surface area contributed by atoms with Crippen LogP contribution in [-0.4, -0.2) is 46.5 Å². The first kappa shape index (κ1) is 14.0. The average Bonchev–Trinajstić information content (AvgIpc) is 3.17. The maximum Gasteiger partial charge on any atom is 0.270 e. The van der Waals surface area contributed by atoms with Crippen LogP contribution in [-0.2, 0) is 13.6 Å². The predicted molar refractivity (Wildman–Crippen MR) is 88.0 cm³/mol. The summed E-state index contributed by atoms with van der Waals surface area (Å²) in [6, 6.07) is 6.05. The van der Waals surface area contributed by atoms with Crippen molar-refractivity contribution in [1.82, 2.24) is 14.4 Å². The van der Waals surface area contributed by atoms with Gasteiger partial charge in [-0.25, -0.2) is 0 Å². The molecule has 2 aliphatic rings. The molecule has 22 heavy (non-hydrogen) atoms. The van der Waals surface area contributed by atoms with Crippen molar-refractivity contribution < 1.29 is 4.79 Å². The Bertz CT molecular complexity index is 670. The molecular weight excluding hydrogens is 294 g/mol. The van der Waals surface area contributed by atoms with Gasteiger partial charge in [-0.2, -0.15) is 11.3 Å². The van der Waals surface area contributed by atoms with Crippen LogP contribution in [0.15, 0.2) is 35.2 Å². The number of hydrogen-bond donors (Lipinski definition) is 0. The first-order chi connectivity index (χ1) is 10.7. The Morgan fingerprint density at radius 1 is 1.32 bits per heavy atom. The van der Waals surface area contributed by atoms with E-state index in [4.69, 9.17) is 0 Å². The summed E-state index contributed by atoms with van der Waals surface area (Å²) in [4.78, 5) is 17.0. The molecule has 1 amide bonds. The van der Waals surface area contributed by atoms with Gasteiger partial charge in [-0.05, 0) is 47.5 Å². The van der Waals surface area contributed by atoms with E-state index in [1.807, 2.05) is 34.8 Å². The van der Waals surface area contributed by atoms with Gasteiger partial charge in [0.05, 0.1) is 0 Å². The van der Waals surface area contributed by atoms with E-state index < -0.39 is 0 Å². The maximum atomic E-state index is 12.5. The molecule has 4 nitrogen and oxygen atoms in total. The number of carbonyl (C=O) groups excluding carboxylic acids is 1. The minimum absolute atomic E-state index is 0.175. The average molecular weight is 315 g/mol. The van der Waals surface area contributed by atoms with Crippen LogP contribution in [0.25, 0.3) is 0 Å². The van der Waals surface area contributed by atoms with E-state index in [1.54, 1.807) is 11.3 Å². The molecule has 2 fully saturated rings. The molecule has 4 heterocycles. The van der Waals surface area contributed by atoms with Crippen LogP contribution in [0.2, 0.25) is 0 Å². The number of thiophene rings is 1. The highest BCUT2D eigenvalue weighted by Crippen LogP contribution is 2.40. The Kier molecular flexibility index (Phi) is 3.35. The standard InChI is InChI=1S/C17H21N3OS/c1-18-6-2-3-15(18)16(21)20-12-17(13-20)5-7-19(11-17)9-14-4-8-22-10-14/h2-4,6,8,10H,5,7,9,11-13H2,1H3. The fourth-order valence-electron chi connectivity index (χ4n) is 3.81. The molecule has 0 aliphatic carbocycles. The first-order valence-electron chi connectivity index (χ1n) is 7.79. The van der Waals surface area contributed by atoms with Crippen molar-refractivity contribution in [3.63, 3.8) is 0 Å². The second-order valence-electron chi connectivity index (χ2n) is 6.76. The van der Waals surface area contributed by atoms with Crippen LogP contribution in [0.1, 0.15) is 22.5 Å². The summed E-state index contributed by atoms with van der Waals surface area (Å²) in [6.07, 6.45) is 3.15. The van der Waals surface area contributed by atoms with Gasteiger partial charge in [0.1, 0.15) is 5.69 Å². The van der Waals surface area contributed by atoms with Crippen molar-refractivity contribution in [2.45, 2.75) is 13.0 Å².